The SMILES string of the molecule is CCCNC(CN1CCc2ccc(F)cc21)C1CC1. The van der Waals surface area contributed by atoms with E-state index in [9.17, 15) is 4.39 Å². The van der Waals surface area contributed by atoms with E-state index in [0.717, 1.165) is 37.7 Å². The van der Waals surface area contributed by atoms with Gasteiger partial charge in [-0.3, -0.25) is 0 Å². The van der Waals surface area contributed by atoms with Crippen LogP contribution in [0.15, 0.2) is 18.2 Å². The van der Waals surface area contributed by atoms with Crippen molar-refractivity contribution in [2.75, 3.05) is 24.5 Å². The van der Waals surface area contributed by atoms with Gasteiger partial charge in [-0.25, -0.2) is 4.39 Å². The van der Waals surface area contributed by atoms with Crippen molar-refractivity contribution < 1.29 is 4.39 Å². The van der Waals surface area contributed by atoms with Crippen molar-refractivity contribution in [3.05, 3.63) is 29.6 Å². The van der Waals surface area contributed by atoms with Crippen molar-refractivity contribution in [1.82, 2.24) is 5.32 Å². The Morgan fingerprint density at radius 3 is 3.00 bits per heavy atom. The van der Waals surface area contributed by atoms with E-state index < -0.39 is 0 Å². The number of hydrogen-bond acceptors (Lipinski definition) is 2. The van der Waals surface area contributed by atoms with E-state index in [0.29, 0.717) is 6.04 Å². The lowest BCUT2D eigenvalue weighted by Gasteiger charge is -2.27. The molecule has 3 rings (SSSR count). The molecule has 1 N–H and O–H groups in total. The minimum Gasteiger partial charge on any atom is -0.369 e. The predicted molar refractivity (Wildman–Crippen MR) is 77.1 cm³/mol. The highest BCUT2D eigenvalue weighted by Gasteiger charge is 2.33. The van der Waals surface area contributed by atoms with Crippen LogP contribution in [0.1, 0.15) is 31.7 Å². The lowest BCUT2D eigenvalue weighted by molar-refractivity contribution is 0.459. The maximum Gasteiger partial charge on any atom is 0.125 e. The molecule has 104 valence electrons. The second kappa shape index (κ2) is 5.49. The van der Waals surface area contributed by atoms with Crippen LogP contribution in [-0.2, 0) is 6.42 Å². The van der Waals surface area contributed by atoms with Gasteiger partial charge in [-0.05, 0) is 55.8 Å². The molecule has 1 aliphatic carbocycles. The van der Waals surface area contributed by atoms with Crippen LogP contribution in [0.25, 0.3) is 0 Å². The third-order valence-corrected chi connectivity index (χ3v) is 4.30. The first-order chi connectivity index (χ1) is 9.28. The second-order valence-electron chi connectivity index (χ2n) is 5.87. The Hall–Kier alpha value is -1.09. The van der Waals surface area contributed by atoms with Gasteiger partial charge in [-0.2, -0.15) is 0 Å². The molecular weight excluding hydrogens is 239 g/mol. The smallest absolute Gasteiger partial charge is 0.125 e. The van der Waals surface area contributed by atoms with Crippen LogP contribution in [0.5, 0.6) is 0 Å². The van der Waals surface area contributed by atoms with Crippen molar-refractivity contribution >= 4 is 5.69 Å². The van der Waals surface area contributed by atoms with Gasteiger partial charge in [0.2, 0.25) is 0 Å². The van der Waals surface area contributed by atoms with Crippen LogP contribution in [0.4, 0.5) is 10.1 Å². The zero-order valence-electron chi connectivity index (χ0n) is 11.7. The first-order valence-electron chi connectivity index (χ1n) is 7.54. The molecule has 2 aliphatic rings. The molecule has 1 heterocycles. The highest BCUT2D eigenvalue weighted by Crippen LogP contribution is 2.35. The number of hydrogen-bond donors (Lipinski definition) is 1. The fourth-order valence-corrected chi connectivity index (χ4v) is 3.05. The summed E-state index contributed by atoms with van der Waals surface area (Å²) in [6.07, 6.45) is 4.94. The van der Waals surface area contributed by atoms with Crippen LogP contribution in [0.2, 0.25) is 0 Å². The summed E-state index contributed by atoms with van der Waals surface area (Å²) in [6, 6.07) is 5.80. The van der Waals surface area contributed by atoms with Gasteiger partial charge in [-0.15, -0.1) is 0 Å². The van der Waals surface area contributed by atoms with Gasteiger partial charge in [0, 0.05) is 24.8 Å². The van der Waals surface area contributed by atoms with E-state index in [1.807, 2.05) is 6.07 Å². The van der Waals surface area contributed by atoms with Crippen LogP contribution in [0.3, 0.4) is 0 Å². The summed E-state index contributed by atoms with van der Waals surface area (Å²) in [7, 11) is 0. The second-order valence-corrected chi connectivity index (χ2v) is 5.87. The summed E-state index contributed by atoms with van der Waals surface area (Å²) >= 11 is 0. The van der Waals surface area contributed by atoms with Gasteiger partial charge < -0.3 is 10.2 Å². The monoisotopic (exact) mass is 262 g/mol. The number of anilines is 1. The van der Waals surface area contributed by atoms with Gasteiger partial charge in [0.05, 0.1) is 0 Å². The average Bonchev–Trinajstić information content (AvgIpc) is 3.18. The van der Waals surface area contributed by atoms with Crippen molar-refractivity contribution in [3.63, 3.8) is 0 Å². The van der Waals surface area contributed by atoms with Crippen LogP contribution < -0.4 is 10.2 Å². The molecule has 0 amide bonds. The van der Waals surface area contributed by atoms with Gasteiger partial charge in [-0.1, -0.05) is 13.0 Å². The molecule has 0 aromatic heterocycles. The summed E-state index contributed by atoms with van der Waals surface area (Å²) in [5.41, 5.74) is 2.41. The fraction of sp³-hybridized carbons (Fsp3) is 0.625. The Bertz CT molecular complexity index is 442. The summed E-state index contributed by atoms with van der Waals surface area (Å²) in [6.45, 7) is 5.36. The molecule has 1 atom stereocenters. The maximum absolute atomic E-state index is 13.4. The Morgan fingerprint density at radius 2 is 2.26 bits per heavy atom. The highest BCUT2D eigenvalue weighted by atomic mass is 19.1. The molecule has 0 saturated heterocycles. The van der Waals surface area contributed by atoms with E-state index in [4.69, 9.17) is 0 Å². The van der Waals surface area contributed by atoms with Crippen molar-refractivity contribution in [1.29, 1.82) is 0 Å². The third-order valence-electron chi connectivity index (χ3n) is 4.30. The van der Waals surface area contributed by atoms with Gasteiger partial charge in [0.25, 0.3) is 0 Å². The summed E-state index contributed by atoms with van der Waals surface area (Å²) in [5, 5.41) is 3.67. The van der Waals surface area contributed by atoms with Crippen LogP contribution >= 0.6 is 0 Å². The first kappa shape index (κ1) is 12.9. The molecule has 1 saturated carbocycles. The molecule has 2 nitrogen and oxygen atoms in total. The molecule has 0 bridgehead atoms. The number of benzene rings is 1. The fourth-order valence-electron chi connectivity index (χ4n) is 3.05. The van der Waals surface area contributed by atoms with Crippen LogP contribution in [0, 0.1) is 11.7 Å². The Balaban J connectivity index is 1.68. The molecule has 3 heteroatoms. The summed E-state index contributed by atoms with van der Waals surface area (Å²) in [5.74, 6) is 0.722. The quantitative estimate of drug-likeness (QED) is 0.848. The van der Waals surface area contributed by atoms with Gasteiger partial charge >= 0.3 is 0 Å². The summed E-state index contributed by atoms with van der Waals surface area (Å²) in [4.78, 5) is 2.37. The number of halogens is 1. The topological polar surface area (TPSA) is 15.3 Å². The standard InChI is InChI=1S/C16H23FN2/c1-2-8-18-15(12-3-4-12)11-19-9-7-13-5-6-14(17)10-16(13)19/h5-6,10,12,15,18H,2-4,7-9,11H2,1H3. The molecule has 0 spiro atoms. The van der Waals surface area contributed by atoms with Crippen molar-refractivity contribution in [2.24, 2.45) is 5.92 Å². The summed E-state index contributed by atoms with van der Waals surface area (Å²) < 4.78 is 13.4. The van der Waals surface area contributed by atoms with E-state index in [1.165, 1.54) is 24.8 Å². The Labute approximate surface area is 115 Å². The Morgan fingerprint density at radius 1 is 1.42 bits per heavy atom. The van der Waals surface area contributed by atoms with Crippen molar-refractivity contribution in [2.45, 2.75) is 38.6 Å². The molecular formula is C16H23FN2. The van der Waals surface area contributed by atoms with Gasteiger partial charge in [0.15, 0.2) is 0 Å². The predicted octanol–water partition coefficient (Wildman–Crippen LogP) is 2.97. The molecule has 1 aromatic carbocycles. The molecule has 1 unspecified atom stereocenters. The molecule has 1 aliphatic heterocycles. The normalized spacial score (nSPS) is 19.6. The van der Waals surface area contributed by atoms with Crippen molar-refractivity contribution in [3.8, 4) is 0 Å². The zero-order valence-corrected chi connectivity index (χ0v) is 11.7. The lowest BCUT2D eigenvalue weighted by Crippen LogP contribution is -2.42. The highest BCUT2D eigenvalue weighted by molar-refractivity contribution is 5.58. The van der Waals surface area contributed by atoms with E-state index in [2.05, 4.69) is 17.1 Å². The number of nitrogens with zero attached hydrogens (tertiary/aromatic N) is 1. The number of fused-ring (bicyclic) bond motifs is 1. The largest absolute Gasteiger partial charge is 0.369 e. The van der Waals surface area contributed by atoms with Crippen LogP contribution in [-0.4, -0.2) is 25.7 Å². The molecule has 1 fully saturated rings. The minimum atomic E-state index is -0.116. The number of nitrogens with one attached hydrogen (secondary N) is 1. The van der Waals surface area contributed by atoms with E-state index in [-0.39, 0.29) is 5.82 Å². The molecule has 0 radical (unpaired) electrons. The third kappa shape index (κ3) is 2.92. The lowest BCUT2D eigenvalue weighted by atomic mass is 10.1. The number of rotatable bonds is 6. The minimum absolute atomic E-state index is 0.116. The van der Waals surface area contributed by atoms with Gasteiger partial charge in [0.1, 0.15) is 5.82 Å². The van der Waals surface area contributed by atoms with E-state index >= 15 is 0 Å². The average molecular weight is 262 g/mol. The zero-order chi connectivity index (χ0) is 13.2. The van der Waals surface area contributed by atoms with E-state index in [1.54, 1.807) is 12.1 Å². The molecule has 1 aromatic rings. The molecule has 19 heavy (non-hydrogen) atoms. The first-order valence-corrected chi connectivity index (χ1v) is 7.54. The Kier molecular flexibility index (Phi) is 3.74. The maximum atomic E-state index is 13.4.